The van der Waals surface area contributed by atoms with Gasteiger partial charge < -0.3 is 10.2 Å². The number of rotatable bonds is 3. The molecule has 64 valence electrons. The molecule has 1 atom stereocenters. The number of alkyl halides is 1. The van der Waals surface area contributed by atoms with E-state index in [1.807, 2.05) is 0 Å². The van der Waals surface area contributed by atoms with Crippen LogP contribution in [0.2, 0.25) is 0 Å². The molecular formula is C8H13ClO2. The SMILES string of the molecule is CC(O)(C#CCCCCl)CO. The average molecular weight is 177 g/mol. The summed E-state index contributed by atoms with van der Waals surface area (Å²) in [6.45, 7) is 1.14. The lowest BCUT2D eigenvalue weighted by Gasteiger charge is -2.10. The molecule has 0 heterocycles. The van der Waals surface area contributed by atoms with Crippen LogP contribution in [0.1, 0.15) is 19.8 Å². The summed E-state index contributed by atoms with van der Waals surface area (Å²) in [7, 11) is 0. The number of halogens is 1. The van der Waals surface area contributed by atoms with Gasteiger partial charge in [0.05, 0.1) is 6.61 Å². The molecule has 0 aliphatic heterocycles. The van der Waals surface area contributed by atoms with E-state index >= 15 is 0 Å². The third-order valence-electron chi connectivity index (χ3n) is 1.10. The molecule has 2 nitrogen and oxygen atoms in total. The van der Waals surface area contributed by atoms with Gasteiger partial charge in [-0.3, -0.25) is 0 Å². The second-order valence-electron chi connectivity index (χ2n) is 2.53. The molecule has 0 saturated carbocycles. The van der Waals surface area contributed by atoms with Gasteiger partial charge in [-0.25, -0.2) is 0 Å². The fourth-order valence-electron chi connectivity index (χ4n) is 0.448. The van der Waals surface area contributed by atoms with Gasteiger partial charge in [0, 0.05) is 12.3 Å². The molecule has 1 unspecified atom stereocenters. The zero-order chi connectivity index (χ0) is 8.74. The summed E-state index contributed by atoms with van der Waals surface area (Å²) in [6.07, 6.45) is 1.48. The minimum Gasteiger partial charge on any atom is -0.392 e. The Morgan fingerprint density at radius 3 is 2.64 bits per heavy atom. The summed E-state index contributed by atoms with van der Waals surface area (Å²) < 4.78 is 0. The van der Waals surface area contributed by atoms with E-state index in [9.17, 15) is 0 Å². The summed E-state index contributed by atoms with van der Waals surface area (Å²) in [4.78, 5) is 0. The zero-order valence-corrected chi connectivity index (χ0v) is 7.36. The lowest BCUT2D eigenvalue weighted by atomic mass is 10.1. The molecule has 3 heteroatoms. The van der Waals surface area contributed by atoms with E-state index in [-0.39, 0.29) is 6.61 Å². The van der Waals surface area contributed by atoms with Gasteiger partial charge in [0.2, 0.25) is 0 Å². The predicted molar refractivity (Wildman–Crippen MR) is 45.4 cm³/mol. The van der Waals surface area contributed by atoms with Crippen LogP contribution in [0.5, 0.6) is 0 Å². The van der Waals surface area contributed by atoms with E-state index in [2.05, 4.69) is 11.8 Å². The highest BCUT2D eigenvalue weighted by Crippen LogP contribution is 1.98. The van der Waals surface area contributed by atoms with Crippen LogP contribution in [0.15, 0.2) is 0 Å². The molecule has 2 N–H and O–H groups in total. The second kappa shape index (κ2) is 5.42. The molecule has 0 rings (SSSR count). The largest absolute Gasteiger partial charge is 0.392 e. The minimum atomic E-state index is -1.26. The molecule has 0 aromatic heterocycles. The van der Waals surface area contributed by atoms with Crippen molar-refractivity contribution < 1.29 is 10.2 Å². The van der Waals surface area contributed by atoms with Crippen LogP contribution >= 0.6 is 11.6 Å². The minimum absolute atomic E-state index is 0.332. The maximum atomic E-state index is 9.17. The molecule has 0 spiro atoms. The van der Waals surface area contributed by atoms with Crippen LogP contribution in [0.25, 0.3) is 0 Å². The molecule has 0 radical (unpaired) electrons. The molecule has 0 aliphatic rings. The van der Waals surface area contributed by atoms with Crippen LogP contribution in [0.4, 0.5) is 0 Å². The van der Waals surface area contributed by atoms with Gasteiger partial charge in [-0.15, -0.1) is 17.5 Å². The van der Waals surface area contributed by atoms with E-state index in [1.165, 1.54) is 6.92 Å². The number of hydrogen-bond acceptors (Lipinski definition) is 2. The van der Waals surface area contributed by atoms with Crippen molar-refractivity contribution in [3.63, 3.8) is 0 Å². The standard InChI is InChI=1S/C8H13ClO2/c1-8(11,7-10)5-3-2-4-6-9/h10-11H,2,4,6-7H2,1H3. The molecule has 0 aromatic carbocycles. The highest BCUT2D eigenvalue weighted by atomic mass is 35.5. The van der Waals surface area contributed by atoms with Crippen LogP contribution < -0.4 is 0 Å². The van der Waals surface area contributed by atoms with E-state index in [1.54, 1.807) is 0 Å². The van der Waals surface area contributed by atoms with Gasteiger partial charge >= 0.3 is 0 Å². The number of aliphatic hydroxyl groups is 2. The van der Waals surface area contributed by atoms with Gasteiger partial charge in [-0.05, 0) is 13.3 Å². The highest BCUT2D eigenvalue weighted by molar-refractivity contribution is 6.17. The van der Waals surface area contributed by atoms with Crippen LogP contribution in [-0.4, -0.2) is 28.3 Å². The van der Waals surface area contributed by atoms with Gasteiger partial charge in [0.1, 0.15) is 5.60 Å². The van der Waals surface area contributed by atoms with Crippen molar-refractivity contribution in [2.24, 2.45) is 0 Å². The Bertz CT molecular complexity index is 155. The van der Waals surface area contributed by atoms with Crippen molar-refractivity contribution >= 4 is 11.6 Å². The molecule has 0 saturated heterocycles. The Labute approximate surface area is 72.2 Å². The lowest BCUT2D eigenvalue weighted by Crippen LogP contribution is -2.26. The van der Waals surface area contributed by atoms with E-state index in [4.69, 9.17) is 21.8 Å². The third kappa shape index (κ3) is 6.18. The third-order valence-corrected chi connectivity index (χ3v) is 1.37. The average Bonchev–Trinajstić information content (AvgIpc) is 1.99. The van der Waals surface area contributed by atoms with E-state index in [0.29, 0.717) is 12.3 Å². The molecule has 11 heavy (non-hydrogen) atoms. The topological polar surface area (TPSA) is 40.5 Å². The van der Waals surface area contributed by atoms with Crippen LogP contribution in [0.3, 0.4) is 0 Å². The summed E-state index contributed by atoms with van der Waals surface area (Å²) in [6, 6.07) is 0. The molecule has 0 fully saturated rings. The van der Waals surface area contributed by atoms with Crippen molar-refractivity contribution in [2.75, 3.05) is 12.5 Å². The van der Waals surface area contributed by atoms with Crippen molar-refractivity contribution in [3.8, 4) is 11.8 Å². The van der Waals surface area contributed by atoms with Crippen molar-refractivity contribution in [2.45, 2.75) is 25.4 Å². The summed E-state index contributed by atoms with van der Waals surface area (Å²) >= 11 is 5.41. The van der Waals surface area contributed by atoms with Gasteiger partial charge in [0.15, 0.2) is 0 Å². The molecular weight excluding hydrogens is 164 g/mol. The molecule has 0 amide bonds. The summed E-state index contributed by atoms with van der Waals surface area (Å²) in [5.74, 6) is 5.85. The molecule has 0 bridgehead atoms. The van der Waals surface area contributed by atoms with Crippen molar-refractivity contribution in [1.82, 2.24) is 0 Å². The van der Waals surface area contributed by atoms with E-state index in [0.717, 1.165) is 6.42 Å². The van der Waals surface area contributed by atoms with Gasteiger partial charge in [0.25, 0.3) is 0 Å². The fourth-order valence-corrected chi connectivity index (χ4v) is 0.581. The Kier molecular flexibility index (Phi) is 5.31. The van der Waals surface area contributed by atoms with Gasteiger partial charge in [-0.2, -0.15) is 0 Å². The smallest absolute Gasteiger partial charge is 0.145 e. The highest BCUT2D eigenvalue weighted by Gasteiger charge is 2.13. The van der Waals surface area contributed by atoms with Crippen LogP contribution in [-0.2, 0) is 0 Å². The molecule has 0 aromatic rings. The maximum absolute atomic E-state index is 9.17. The Balaban J connectivity index is 3.67. The zero-order valence-electron chi connectivity index (χ0n) is 6.60. The first-order chi connectivity index (χ1) is 5.12. The number of unbranched alkanes of at least 4 members (excludes halogenated alkanes) is 1. The first kappa shape index (κ1) is 10.8. The Morgan fingerprint density at radius 2 is 2.18 bits per heavy atom. The Hall–Kier alpha value is -0.230. The number of aliphatic hydroxyl groups excluding tert-OH is 1. The monoisotopic (exact) mass is 176 g/mol. The Morgan fingerprint density at radius 1 is 1.55 bits per heavy atom. The second-order valence-corrected chi connectivity index (χ2v) is 2.90. The maximum Gasteiger partial charge on any atom is 0.145 e. The summed E-state index contributed by atoms with van der Waals surface area (Å²) in [5, 5.41) is 17.7. The first-order valence-electron chi connectivity index (χ1n) is 3.51. The van der Waals surface area contributed by atoms with Crippen LogP contribution in [0, 0.1) is 11.8 Å². The van der Waals surface area contributed by atoms with Crippen molar-refractivity contribution in [1.29, 1.82) is 0 Å². The van der Waals surface area contributed by atoms with Crippen molar-refractivity contribution in [3.05, 3.63) is 0 Å². The predicted octanol–water partition coefficient (Wildman–Crippen LogP) is 0.752. The number of hydrogen-bond donors (Lipinski definition) is 2. The quantitative estimate of drug-likeness (QED) is 0.379. The molecule has 0 aliphatic carbocycles. The summed E-state index contributed by atoms with van der Waals surface area (Å²) in [5.41, 5.74) is -1.26. The van der Waals surface area contributed by atoms with E-state index < -0.39 is 5.60 Å². The lowest BCUT2D eigenvalue weighted by molar-refractivity contribution is 0.0518. The normalized spacial score (nSPS) is 14.9. The fraction of sp³-hybridized carbons (Fsp3) is 0.750. The first-order valence-corrected chi connectivity index (χ1v) is 4.05. The van der Waals surface area contributed by atoms with Gasteiger partial charge in [-0.1, -0.05) is 5.92 Å².